The topological polar surface area (TPSA) is 61.8 Å². The first-order chi connectivity index (χ1) is 10.2. The minimum Gasteiger partial charge on any atom is -0.494 e. The Morgan fingerprint density at radius 1 is 1.43 bits per heavy atom. The van der Waals surface area contributed by atoms with Gasteiger partial charge in [-0.1, -0.05) is 0 Å². The Kier molecular flexibility index (Phi) is 6.02. The Bertz CT molecular complexity index is 447. The van der Waals surface area contributed by atoms with E-state index >= 15 is 0 Å². The highest BCUT2D eigenvalue weighted by Gasteiger charge is 2.23. The number of benzene rings is 1. The van der Waals surface area contributed by atoms with E-state index in [9.17, 15) is 4.79 Å². The lowest BCUT2D eigenvalue weighted by Crippen LogP contribution is -2.31. The molecule has 2 rings (SSSR count). The molecule has 1 heterocycles. The van der Waals surface area contributed by atoms with Gasteiger partial charge in [-0.05, 0) is 56.5 Å². The molecule has 2 N–H and O–H groups in total. The largest absolute Gasteiger partial charge is 0.494 e. The molecule has 1 atom stereocenters. The van der Waals surface area contributed by atoms with Crippen molar-refractivity contribution in [1.82, 2.24) is 4.90 Å². The van der Waals surface area contributed by atoms with Crippen LogP contribution in [-0.2, 0) is 4.79 Å². The van der Waals surface area contributed by atoms with Crippen LogP contribution in [0.25, 0.3) is 0 Å². The molecule has 5 nitrogen and oxygen atoms in total. The molecule has 1 unspecified atom stereocenters. The van der Waals surface area contributed by atoms with E-state index in [0.29, 0.717) is 19.1 Å². The molecular formula is C16H24N2O3. The van der Waals surface area contributed by atoms with Crippen molar-refractivity contribution in [3.05, 3.63) is 24.3 Å². The first-order valence-electron chi connectivity index (χ1n) is 7.57. The maximum atomic E-state index is 12.0. The van der Waals surface area contributed by atoms with Gasteiger partial charge in [0.15, 0.2) is 0 Å². The molecule has 0 saturated carbocycles. The van der Waals surface area contributed by atoms with Gasteiger partial charge in [0.25, 0.3) is 0 Å². The van der Waals surface area contributed by atoms with Gasteiger partial charge in [0.05, 0.1) is 13.2 Å². The van der Waals surface area contributed by atoms with Crippen molar-refractivity contribution in [3.8, 4) is 5.75 Å². The van der Waals surface area contributed by atoms with Gasteiger partial charge in [-0.3, -0.25) is 9.69 Å². The predicted molar refractivity (Wildman–Crippen MR) is 82.5 cm³/mol. The summed E-state index contributed by atoms with van der Waals surface area (Å²) in [6, 6.07) is 7.40. The van der Waals surface area contributed by atoms with Gasteiger partial charge in [-0.25, -0.2) is 0 Å². The van der Waals surface area contributed by atoms with Crippen molar-refractivity contribution in [2.45, 2.75) is 19.8 Å². The van der Waals surface area contributed by atoms with Crippen LogP contribution in [-0.4, -0.2) is 48.8 Å². The van der Waals surface area contributed by atoms with Crippen molar-refractivity contribution in [3.63, 3.8) is 0 Å². The molecule has 0 aliphatic carbocycles. The van der Waals surface area contributed by atoms with Crippen molar-refractivity contribution in [2.24, 2.45) is 5.92 Å². The smallest absolute Gasteiger partial charge is 0.238 e. The third-order valence-electron chi connectivity index (χ3n) is 3.72. The normalized spacial score (nSPS) is 18.7. The number of hydrogen-bond donors (Lipinski definition) is 2. The second-order valence-electron chi connectivity index (χ2n) is 5.41. The summed E-state index contributed by atoms with van der Waals surface area (Å²) in [6.45, 7) is 5.05. The van der Waals surface area contributed by atoms with Gasteiger partial charge in [-0.2, -0.15) is 0 Å². The van der Waals surface area contributed by atoms with Crippen LogP contribution in [0.4, 0.5) is 5.69 Å². The van der Waals surface area contributed by atoms with Crippen molar-refractivity contribution in [1.29, 1.82) is 0 Å². The van der Waals surface area contributed by atoms with E-state index in [0.717, 1.165) is 37.4 Å². The van der Waals surface area contributed by atoms with Crippen LogP contribution in [0.15, 0.2) is 24.3 Å². The molecule has 116 valence electrons. The highest BCUT2D eigenvalue weighted by molar-refractivity contribution is 5.92. The van der Waals surface area contributed by atoms with Gasteiger partial charge >= 0.3 is 0 Å². The summed E-state index contributed by atoms with van der Waals surface area (Å²) in [5.74, 6) is 1.33. The Morgan fingerprint density at radius 3 is 2.86 bits per heavy atom. The second-order valence-corrected chi connectivity index (χ2v) is 5.41. The molecule has 1 aliphatic rings. The lowest BCUT2D eigenvalue weighted by atomic mass is 10.1. The number of nitrogens with zero attached hydrogens (tertiary/aromatic N) is 1. The summed E-state index contributed by atoms with van der Waals surface area (Å²) in [4.78, 5) is 14.2. The number of anilines is 1. The fraction of sp³-hybridized carbons (Fsp3) is 0.562. The minimum atomic E-state index is 0.00353. The number of aliphatic hydroxyl groups excluding tert-OH is 1. The van der Waals surface area contributed by atoms with E-state index in [-0.39, 0.29) is 12.5 Å². The van der Waals surface area contributed by atoms with Crippen LogP contribution in [0.5, 0.6) is 5.75 Å². The zero-order chi connectivity index (χ0) is 15.1. The lowest BCUT2D eigenvalue weighted by Gasteiger charge is -2.15. The van der Waals surface area contributed by atoms with Gasteiger partial charge < -0.3 is 15.2 Å². The molecule has 1 amide bonds. The number of carbonyl (C=O) groups is 1. The maximum Gasteiger partial charge on any atom is 0.238 e. The lowest BCUT2D eigenvalue weighted by molar-refractivity contribution is -0.117. The van der Waals surface area contributed by atoms with Crippen molar-refractivity contribution in [2.75, 3.05) is 38.2 Å². The van der Waals surface area contributed by atoms with E-state index in [1.165, 1.54) is 0 Å². The van der Waals surface area contributed by atoms with Crippen LogP contribution in [0.3, 0.4) is 0 Å². The van der Waals surface area contributed by atoms with Gasteiger partial charge in [0.1, 0.15) is 5.75 Å². The first-order valence-corrected chi connectivity index (χ1v) is 7.57. The number of likely N-dealkylation sites (tertiary alicyclic amines) is 1. The molecule has 0 bridgehead atoms. The number of carbonyl (C=O) groups excluding carboxylic acids is 1. The fourth-order valence-electron chi connectivity index (χ4n) is 2.68. The van der Waals surface area contributed by atoms with Gasteiger partial charge in [0, 0.05) is 18.8 Å². The highest BCUT2D eigenvalue weighted by atomic mass is 16.5. The summed E-state index contributed by atoms with van der Waals surface area (Å²) >= 11 is 0. The molecule has 0 radical (unpaired) electrons. The summed E-state index contributed by atoms with van der Waals surface area (Å²) in [5, 5.41) is 11.8. The molecular weight excluding hydrogens is 268 g/mol. The SMILES string of the molecule is CCOc1ccc(NC(=O)CN2CCC(CCO)C2)cc1. The van der Waals surface area contributed by atoms with E-state index in [2.05, 4.69) is 10.2 Å². The molecule has 21 heavy (non-hydrogen) atoms. The average molecular weight is 292 g/mol. The number of ether oxygens (including phenoxy) is 1. The zero-order valence-corrected chi connectivity index (χ0v) is 12.5. The van der Waals surface area contributed by atoms with E-state index in [1.807, 2.05) is 31.2 Å². The van der Waals surface area contributed by atoms with Crippen molar-refractivity contribution >= 4 is 11.6 Å². The molecule has 1 aliphatic heterocycles. The molecule has 1 fully saturated rings. The summed E-state index contributed by atoms with van der Waals surface area (Å²) in [7, 11) is 0. The van der Waals surface area contributed by atoms with Crippen LogP contribution in [0, 0.1) is 5.92 Å². The maximum absolute atomic E-state index is 12.0. The van der Waals surface area contributed by atoms with Crippen molar-refractivity contribution < 1.29 is 14.6 Å². The second kappa shape index (κ2) is 8.00. The summed E-state index contributed by atoms with van der Waals surface area (Å²) in [6.07, 6.45) is 1.90. The Morgan fingerprint density at radius 2 is 2.19 bits per heavy atom. The van der Waals surface area contributed by atoms with Crippen LogP contribution >= 0.6 is 0 Å². The quantitative estimate of drug-likeness (QED) is 0.803. The number of hydrogen-bond acceptors (Lipinski definition) is 4. The van der Waals surface area contributed by atoms with E-state index in [4.69, 9.17) is 9.84 Å². The standard InChI is InChI=1S/C16H24N2O3/c1-2-21-15-5-3-14(4-6-15)17-16(20)12-18-9-7-13(11-18)8-10-19/h3-6,13,19H,2,7-12H2,1H3,(H,17,20). The Balaban J connectivity index is 1.76. The molecule has 0 spiro atoms. The highest BCUT2D eigenvalue weighted by Crippen LogP contribution is 2.19. The van der Waals surface area contributed by atoms with Gasteiger partial charge in [0.2, 0.25) is 5.91 Å². The van der Waals surface area contributed by atoms with Crippen LogP contribution in [0.1, 0.15) is 19.8 Å². The summed E-state index contributed by atoms with van der Waals surface area (Å²) in [5.41, 5.74) is 0.787. The molecule has 1 aromatic carbocycles. The number of amides is 1. The first kappa shape index (κ1) is 15.8. The van der Waals surface area contributed by atoms with Crippen LogP contribution < -0.4 is 10.1 Å². The van der Waals surface area contributed by atoms with Crippen LogP contribution in [0.2, 0.25) is 0 Å². The fourth-order valence-corrected chi connectivity index (χ4v) is 2.68. The van der Waals surface area contributed by atoms with E-state index < -0.39 is 0 Å². The van der Waals surface area contributed by atoms with Gasteiger partial charge in [-0.15, -0.1) is 0 Å². The Labute approximate surface area is 125 Å². The molecule has 1 saturated heterocycles. The molecule has 1 aromatic rings. The number of nitrogens with one attached hydrogen (secondary N) is 1. The molecule has 5 heteroatoms. The van der Waals surface area contributed by atoms with E-state index in [1.54, 1.807) is 0 Å². The minimum absolute atomic E-state index is 0.00353. The third kappa shape index (κ3) is 5.02. The monoisotopic (exact) mass is 292 g/mol. The third-order valence-corrected chi connectivity index (χ3v) is 3.72. The molecule has 0 aromatic heterocycles. The Hall–Kier alpha value is -1.59. The number of aliphatic hydroxyl groups is 1. The predicted octanol–water partition coefficient (Wildman–Crippen LogP) is 1.73. The summed E-state index contributed by atoms with van der Waals surface area (Å²) < 4.78 is 5.37. The number of rotatable bonds is 7. The average Bonchev–Trinajstić information content (AvgIpc) is 2.89. The zero-order valence-electron chi connectivity index (χ0n) is 12.5.